The van der Waals surface area contributed by atoms with Crippen molar-refractivity contribution >= 4 is 31.9 Å². The van der Waals surface area contributed by atoms with Gasteiger partial charge in [-0.05, 0) is 44.7 Å². The summed E-state index contributed by atoms with van der Waals surface area (Å²) in [4.78, 5) is 11.9. The Hall–Kier alpha value is -0.200. The van der Waals surface area contributed by atoms with Gasteiger partial charge in [0.2, 0.25) is 0 Å². The third-order valence-electron chi connectivity index (χ3n) is 2.44. The first-order valence-electron chi connectivity index (χ1n) is 4.70. The van der Waals surface area contributed by atoms with Gasteiger partial charge in [0.1, 0.15) is 4.47 Å². The molecule has 15 heavy (non-hydrogen) atoms. The number of hydrogen-bond donors (Lipinski definition) is 0. The zero-order valence-corrected chi connectivity index (χ0v) is 11.1. The van der Waals surface area contributed by atoms with Crippen LogP contribution in [0.4, 0.5) is 0 Å². The van der Waals surface area contributed by atoms with Crippen LogP contribution >= 0.6 is 31.9 Å². The molecule has 1 fully saturated rings. The molecule has 1 aromatic heterocycles. The van der Waals surface area contributed by atoms with E-state index in [2.05, 4.69) is 37.0 Å². The number of ether oxygens (including phenoxy) is 1. The maximum absolute atomic E-state index is 11.9. The largest absolute Gasteiger partial charge is 0.381 e. The Balaban J connectivity index is 2.35. The van der Waals surface area contributed by atoms with Crippen LogP contribution in [0.25, 0.3) is 0 Å². The van der Waals surface area contributed by atoms with Gasteiger partial charge in [-0.1, -0.05) is 0 Å². The van der Waals surface area contributed by atoms with Crippen LogP contribution in [0.15, 0.2) is 19.9 Å². The molecule has 6 heteroatoms. The third-order valence-corrected chi connectivity index (χ3v) is 4.34. The van der Waals surface area contributed by atoms with Crippen molar-refractivity contribution in [1.29, 1.82) is 0 Å². The lowest BCUT2D eigenvalue weighted by atomic mass is 10.1. The molecule has 2 rings (SSSR count). The Morgan fingerprint density at radius 2 is 2.07 bits per heavy atom. The van der Waals surface area contributed by atoms with Crippen molar-refractivity contribution in [3.63, 3.8) is 0 Å². The molecule has 0 N–H and O–H groups in total. The van der Waals surface area contributed by atoms with Gasteiger partial charge in [-0.25, -0.2) is 4.68 Å². The van der Waals surface area contributed by atoms with Gasteiger partial charge < -0.3 is 4.74 Å². The predicted octanol–water partition coefficient (Wildman–Crippen LogP) is 2.12. The summed E-state index contributed by atoms with van der Waals surface area (Å²) in [5.41, 5.74) is -0.0868. The van der Waals surface area contributed by atoms with Crippen LogP contribution in [0.3, 0.4) is 0 Å². The zero-order valence-electron chi connectivity index (χ0n) is 7.95. The summed E-state index contributed by atoms with van der Waals surface area (Å²) in [5, 5.41) is 4.13. The van der Waals surface area contributed by atoms with Crippen molar-refractivity contribution in [2.45, 2.75) is 18.9 Å². The van der Waals surface area contributed by atoms with E-state index < -0.39 is 0 Å². The number of nitrogens with zero attached hydrogens (tertiary/aromatic N) is 2. The van der Waals surface area contributed by atoms with Gasteiger partial charge in [0.15, 0.2) is 0 Å². The maximum atomic E-state index is 11.9. The van der Waals surface area contributed by atoms with E-state index in [1.54, 1.807) is 6.20 Å². The van der Waals surface area contributed by atoms with Crippen molar-refractivity contribution in [2.24, 2.45) is 0 Å². The molecule has 0 aromatic carbocycles. The zero-order chi connectivity index (χ0) is 10.8. The lowest BCUT2D eigenvalue weighted by Crippen LogP contribution is -2.31. The first-order chi connectivity index (χ1) is 7.20. The topological polar surface area (TPSA) is 44.1 Å². The molecule has 0 amide bonds. The Labute approximate surface area is 104 Å². The van der Waals surface area contributed by atoms with Crippen LogP contribution in [0.1, 0.15) is 18.9 Å². The molecule has 0 atom stereocenters. The lowest BCUT2D eigenvalue weighted by molar-refractivity contribution is 0.0647. The van der Waals surface area contributed by atoms with E-state index in [0.29, 0.717) is 22.2 Å². The smallest absolute Gasteiger partial charge is 0.282 e. The molecule has 1 aliphatic rings. The maximum Gasteiger partial charge on any atom is 0.282 e. The van der Waals surface area contributed by atoms with Gasteiger partial charge in [0, 0.05) is 13.2 Å². The standard InChI is InChI=1S/C9H10Br2N2O2/c10-7-5-12-13(9(14)8(7)11)6-1-3-15-4-2-6/h5-6H,1-4H2. The van der Waals surface area contributed by atoms with Crippen LogP contribution in [0.2, 0.25) is 0 Å². The fourth-order valence-corrected chi connectivity index (χ4v) is 2.16. The number of rotatable bonds is 1. The van der Waals surface area contributed by atoms with Gasteiger partial charge in [-0.2, -0.15) is 5.10 Å². The van der Waals surface area contributed by atoms with E-state index in [9.17, 15) is 4.79 Å². The van der Waals surface area contributed by atoms with E-state index >= 15 is 0 Å². The van der Waals surface area contributed by atoms with E-state index in [-0.39, 0.29) is 11.6 Å². The molecule has 1 aliphatic heterocycles. The molecule has 82 valence electrons. The minimum atomic E-state index is -0.0868. The molecular weight excluding hydrogens is 328 g/mol. The lowest BCUT2D eigenvalue weighted by Gasteiger charge is -2.23. The minimum absolute atomic E-state index is 0.0868. The average molecular weight is 338 g/mol. The summed E-state index contributed by atoms with van der Waals surface area (Å²) in [5.74, 6) is 0. The van der Waals surface area contributed by atoms with Gasteiger partial charge in [-0.15, -0.1) is 0 Å². The second kappa shape index (κ2) is 4.76. The van der Waals surface area contributed by atoms with Crippen LogP contribution in [-0.4, -0.2) is 23.0 Å². The Bertz CT molecular complexity index is 413. The van der Waals surface area contributed by atoms with E-state index in [1.807, 2.05) is 0 Å². The van der Waals surface area contributed by atoms with Crippen LogP contribution < -0.4 is 5.56 Å². The summed E-state index contributed by atoms with van der Waals surface area (Å²) >= 11 is 6.50. The first-order valence-corrected chi connectivity index (χ1v) is 6.29. The molecule has 2 heterocycles. The summed E-state index contributed by atoms with van der Waals surface area (Å²) in [6.07, 6.45) is 3.34. The highest BCUT2D eigenvalue weighted by atomic mass is 79.9. The fraction of sp³-hybridized carbons (Fsp3) is 0.556. The molecule has 0 saturated carbocycles. The minimum Gasteiger partial charge on any atom is -0.381 e. The predicted molar refractivity (Wildman–Crippen MR) is 63.0 cm³/mol. The van der Waals surface area contributed by atoms with Gasteiger partial charge >= 0.3 is 0 Å². The van der Waals surface area contributed by atoms with Crippen molar-refractivity contribution in [2.75, 3.05) is 13.2 Å². The summed E-state index contributed by atoms with van der Waals surface area (Å²) in [7, 11) is 0. The van der Waals surface area contributed by atoms with Gasteiger partial charge in [0.05, 0.1) is 16.7 Å². The van der Waals surface area contributed by atoms with Crippen LogP contribution in [-0.2, 0) is 4.74 Å². The molecule has 0 bridgehead atoms. The van der Waals surface area contributed by atoms with Crippen molar-refractivity contribution in [3.05, 3.63) is 25.5 Å². The van der Waals surface area contributed by atoms with Gasteiger partial charge in [-0.3, -0.25) is 4.79 Å². The monoisotopic (exact) mass is 336 g/mol. The molecule has 4 nitrogen and oxygen atoms in total. The van der Waals surface area contributed by atoms with E-state index in [0.717, 1.165) is 12.8 Å². The Morgan fingerprint density at radius 3 is 2.73 bits per heavy atom. The Kier molecular flexibility index (Phi) is 3.58. The second-order valence-corrected chi connectivity index (χ2v) is 5.05. The molecular formula is C9H10Br2N2O2. The quantitative estimate of drug-likeness (QED) is 0.788. The molecule has 0 unspecified atom stereocenters. The number of halogens is 2. The average Bonchev–Trinajstić information content (AvgIpc) is 2.27. The highest BCUT2D eigenvalue weighted by Crippen LogP contribution is 2.21. The van der Waals surface area contributed by atoms with Gasteiger partial charge in [0.25, 0.3) is 5.56 Å². The normalized spacial score (nSPS) is 18.0. The van der Waals surface area contributed by atoms with Crippen LogP contribution in [0.5, 0.6) is 0 Å². The first kappa shape index (κ1) is 11.3. The molecule has 0 spiro atoms. The molecule has 1 saturated heterocycles. The fourth-order valence-electron chi connectivity index (χ4n) is 1.61. The van der Waals surface area contributed by atoms with Crippen molar-refractivity contribution in [3.8, 4) is 0 Å². The second-order valence-electron chi connectivity index (χ2n) is 3.40. The highest BCUT2D eigenvalue weighted by Gasteiger charge is 2.19. The SMILES string of the molecule is O=c1c(Br)c(Br)cnn1C1CCOCC1. The number of hydrogen-bond acceptors (Lipinski definition) is 3. The summed E-state index contributed by atoms with van der Waals surface area (Å²) in [6, 6.07) is 0.163. The molecule has 0 radical (unpaired) electrons. The molecule has 1 aromatic rings. The third kappa shape index (κ3) is 2.32. The summed E-state index contributed by atoms with van der Waals surface area (Å²) < 4.78 is 8.01. The highest BCUT2D eigenvalue weighted by molar-refractivity contribution is 9.13. The van der Waals surface area contributed by atoms with Crippen molar-refractivity contribution in [1.82, 2.24) is 9.78 Å². The van der Waals surface area contributed by atoms with Crippen molar-refractivity contribution < 1.29 is 4.74 Å². The number of aromatic nitrogens is 2. The van der Waals surface area contributed by atoms with Crippen LogP contribution in [0, 0.1) is 0 Å². The Morgan fingerprint density at radius 1 is 1.40 bits per heavy atom. The van der Waals surface area contributed by atoms with E-state index in [1.165, 1.54) is 4.68 Å². The summed E-state index contributed by atoms with van der Waals surface area (Å²) in [6.45, 7) is 1.40. The molecule has 0 aliphatic carbocycles. The van der Waals surface area contributed by atoms with E-state index in [4.69, 9.17) is 4.74 Å².